The Bertz CT molecular complexity index is 1690. The number of thiophene rings is 1. The lowest BCUT2D eigenvalue weighted by Gasteiger charge is -2.50. The van der Waals surface area contributed by atoms with Crippen molar-refractivity contribution in [1.29, 1.82) is 0 Å². The zero-order valence-corrected chi connectivity index (χ0v) is 34.2. The maximum absolute atomic E-state index is 5.77. The van der Waals surface area contributed by atoms with Gasteiger partial charge in [0.25, 0.3) is 0 Å². The van der Waals surface area contributed by atoms with Crippen LogP contribution in [0.2, 0.25) is 0 Å². The molecule has 2 aromatic heterocycles. The lowest BCUT2D eigenvalue weighted by atomic mass is 9.73. The molecule has 0 bridgehead atoms. The van der Waals surface area contributed by atoms with Crippen molar-refractivity contribution in [2.45, 2.75) is 92.8 Å². The molecule has 0 saturated carbocycles. The molecule has 52 heavy (non-hydrogen) atoms. The van der Waals surface area contributed by atoms with E-state index in [-0.39, 0.29) is 29.1 Å². The molecule has 6 heterocycles. The molecule has 4 aliphatic heterocycles. The minimum Gasteiger partial charge on any atom is -0.497 e. The molecular formula is C44H61NO6S. The van der Waals surface area contributed by atoms with E-state index in [9.17, 15) is 0 Å². The first kappa shape index (κ1) is 40.1. The molecule has 5 unspecified atom stereocenters. The van der Waals surface area contributed by atoms with Crippen molar-refractivity contribution in [1.82, 2.24) is 4.57 Å². The molecule has 284 valence electrons. The monoisotopic (exact) mass is 731 g/mol. The van der Waals surface area contributed by atoms with Crippen LogP contribution in [0.5, 0.6) is 11.5 Å². The number of benzene rings is 2. The first-order chi connectivity index (χ1) is 24.5. The summed E-state index contributed by atoms with van der Waals surface area (Å²) in [5.74, 6) is 1.79. The quantitative estimate of drug-likeness (QED) is 0.197. The van der Waals surface area contributed by atoms with Crippen LogP contribution < -0.4 is 9.47 Å². The Morgan fingerprint density at radius 2 is 1.10 bits per heavy atom. The van der Waals surface area contributed by atoms with Gasteiger partial charge in [-0.1, -0.05) is 85.7 Å². The summed E-state index contributed by atoms with van der Waals surface area (Å²) in [5, 5.41) is 2.10. The van der Waals surface area contributed by atoms with Crippen LogP contribution in [0.1, 0.15) is 108 Å². The molecule has 0 N–H and O–H groups in total. The fourth-order valence-corrected chi connectivity index (χ4v) is 7.93. The molecule has 2 aromatic carbocycles. The first-order valence-electron chi connectivity index (χ1n) is 18.4. The highest BCUT2D eigenvalue weighted by atomic mass is 32.1. The number of hydrogen-bond acceptors (Lipinski definition) is 7. The Hall–Kier alpha value is -3.14. The number of ether oxygens (including phenoxy) is 6. The summed E-state index contributed by atoms with van der Waals surface area (Å²) in [6.07, 6.45) is 3.50. The van der Waals surface area contributed by atoms with E-state index in [1.54, 1.807) is 25.6 Å². The van der Waals surface area contributed by atoms with Crippen molar-refractivity contribution in [3.8, 4) is 11.5 Å². The van der Waals surface area contributed by atoms with Crippen LogP contribution in [-0.2, 0) is 26.0 Å². The SMILES string of the molecule is CC1(C)COC1c1cccs1.COc1ccc(C2OC(C)C2(C)C)cc1.COc1ccc(C2OCC2(C)C)cc1.Cn1cccc1C1OCC1(C)C. The summed E-state index contributed by atoms with van der Waals surface area (Å²) in [5.41, 5.74) is 4.92. The zero-order chi connectivity index (χ0) is 37.9. The lowest BCUT2D eigenvalue weighted by Crippen LogP contribution is -2.48. The number of aromatic nitrogens is 1. The third-order valence-electron chi connectivity index (χ3n) is 11.0. The lowest BCUT2D eigenvalue weighted by molar-refractivity contribution is -0.230. The van der Waals surface area contributed by atoms with Gasteiger partial charge in [0.05, 0.1) is 58.5 Å². The summed E-state index contributed by atoms with van der Waals surface area (Å²) in [4.78, 5) is 1.36. The predicted octanol–water partition coefficient (Wildman–Crippen LogP) is 10.9. The van der Waals surface area contributed by atoms with E-state index in [4.69, 9.17) is 28.4 Å². The topological polar surface area (TPSA) is 60.3 Å². The van der Waals surface area contributed by atoms with E-state index in [1.807, 2.05) is 24.3 Å². The fourth-order valence-electron chi connectivity index (χ4n) is 6.95. The number of methoxy groups -OCH3 is 2. The van der Waals surface area contributed by atoms with Crippen LogP contribution >= 0.6 is 11.3 Å². The molecule has 8 rings (SSSR count). The second kappa shape index (κ2) is 16.1. The van der Waals surface area contributed by atoms with Gasteiger partial charge in [-0.2, -0.15) is 0 Å². The molecule has 4 aliphatic rings. The van der Waals surface area contributed by atoms with Gasteiger partial charge in [-0.05, 0) is 65.9 Å². The smallest absolute Gasteiger partial charge is 0.118 e. The molecule has 4 fully saturated rings. The van der Waals surface area contributed by atoms with Gasteiger partial charge in [0, 0.05) is 45.5 Å². The zero-order valence-electron chi connectivity index (χ0n) is 33.4. The predicted molar refractivity (Wildman–Crippen MR) is 210 cm³/mol. The Labute approximate surface area is 316 Å². The molecule has 7 nitrogen and oxygen atoms in total. The highest BCUT2D eigenvalue weighted by Gasteiger charge is 2.48. The van der Waals surface area contributed by atoms with Gasteiger partial charge in [0.1, 0.15) is 17.6 Å². The van der Waals surface area contributed by atoms with Crippen LogP contribution in [0.3, 0.4) is 0 Å². The van der Waals surface area contributed by atoms with Crippen LogP contribution in [0.4, 0.5) is 0 Å². The highest BCUT2D eigenvalue weighted by Crippen LogP contribution is 2.51. The number of nitrogens with zero attached hydrogens (tertiary/aromatic N) is 1. The highest BCUT2D eigenvalue weighted by molar-refractivity contribution is 7.10. The van der Waals surface area contributed by atoms with Crippen molar-refractivity contribution in [2.75, 3.05) is 34.0 Å². The summed E-state index contributed by atoms with van der Waals surface area (Å²) in [6.45, 7) is 22.7. The molecule has 4 aromatic rings. The third-order valence-corrected chi connectivity index (χ3v) is 11.9. The summed E-state index contributed by atoms with van der Waals surface area (Å²) in [7, 11) is 5.42. The molecule has 8 heteroatoms. The van der Waals surface area contributed by atoms with E-state index in [1.165, 1.54) is 21.7 Å². The van der Waals surface area contributed by atoms with Crippen LogP contribution in [0, 0.1) is 21.7 Å². The molecule has 5 atom stereocenters. The molecule has 0 amide bonds. The minimum atomic E-state index is 0.221. The Morgan fingerprint density at radius 1 is 0.615 bits per heavy atom. The maximum atomic E-state index is 5.77. The van der Waals surface area contributed by atoms with Gasteiger partial charge in [-0.15, -0.1) is 11.3 Å². The molecule has 4 saturated heterocycles. The van der Waals surface area contributed by atoms with Gasteiger partial charge in [-0.3, -0.25) is 0 Å². The fraction of sp³-hybridized carbons (Fsp3) is 0.545. The van der Waals surface area contributed by atoms with Crippen LogP contribution in [0.25, 0.3) is 0 Å². The van der Waals surface area contributed by atoms with Crippen molar-refractivity contribution in [2.24, 2.45) is 28.7 Å². The van der Waals surface area contributed by atoms with Crippen molar-refractivity contribution in [3.63, 3.8) is 0 Å². The van der Waals surface area contributed by atoms with Crippen molar-refractivity contribution < 1.29 is 28.4 Å². The Balaban J connectivity index is 0.000000135. The van der Waals surface area contributed by atoms with Crippen molar-refractivity contribution >= 4 is 11.3 Å². The van der Waals surface area contributed by atoms with Gasteiger partial charge in [-0.25, -0.2) is 0 Å². The third kappa shape index (κ3) is 8.79. The van der Waals surface area contributed by atoms with Gasteiger partial charge in [0.15, 0.2) is 0 Å². The maximum Gasteiger partial charge on any atom is 0.118 e. The standard InChI is InChI=1S/C13H18O2.C12H16O2.C10H15NO.C9H12OS/c1-9-13(2,3)12(15-9)10-5-7-11(14-4)8-6-10;1-12(2)8-14-11(12)9-4-6-10(13-3)7-5-9;1-10(2)7-12-9(10)8-5-4-6-11(8)3;1-9(2)6-10-8(9)7-4-3-5-11-7/h5-9,12H,1-4H3;4-7,11H,8H2,1-3H3;4-6,9H,7H2,1-3H3;3-5,8H,6H2,1-2H3. The van der Waals surface area contributed by atoms with Gasteiger partial charge in [0.2, 0.25) is 0 Å². The number of hydrogen-bond donors (Lipinski definition) is 0. The Kier molecular flexibility index (Phi) is 12.4. The molecule has 0 aliphatic carbocycles. The van der Waals surface area contributed by atoms with E-state index in [2.05, 4.69) is 134 Å². The molecular weight excluding hydrogens is 671 g/mol. The largest absolute Gasteiger partial charge is 0.497 e. The Morgan fingerprint density at radius 3 is 1.40 bits per heavy atom. The van der Waals surface area contributed by atoms with Crippen LogP contribution in [0.15, 0.2) is 84.4 Å². The average molecular weight is 732 g/mol. The summed E-state index contributed by atoms with van der Waals surface area (Å²) in [6, 6.07) is 24.7. The average Bonchev–Trinajstić information content (AvgIpc) is 3.79. The van der Waals surface area contributed by atoms with Gasteiger partial charge < -0.3 is 33.0 Å². The van der Waals surface area contributed by atoms with E-state index < -0.39 is 0 Å². The second-order valence-electron chi connectivity index (χ2n) is 17.1. The van der Waals surface area contributed by atoms with E-state index >= 15 is 0 Å². The van der Waals surface area contributed by atoms with E-state index in [0.29, 0.717) is 23.0 Å². The summed E-state index contributed by atoms with van der Waals surface area (Å²) >= 11 is 1.78. The van der Waals surface area contributed by atoms with Gasteiger partial charge >= 0.3 is 0 Å². The van der Waals surface area contributed by atoms with Crippen LogP contribution in [-0.4, -0.2) is 44.7 Å². The first-order valence-corrected chi connectivity index (χ1v) is 19.3. The number of rotatable bonds is 6. The molecule has 0 radical (unpaired) electrons. The normalized spacial score (nSPS) is 26.7. The molecule has 0 spiro atoms. The second-order valence-corrected chi connectivity index (χ2v) is 18.1. The number of aryl methyl sites for hydroxylation is 1. The van der Waals surface area contributed by atoms with E-state index in [0.717, 1.165) is 31.3 Å². The summed E-state index contributed by atoms with van der Waals surface area (Å²) < 4.78 is 34.8. The minimum absolute atomic E-state index is 0.221. The van der Waals surface area contributed by atoms with Crippen molar-refractivity contribution in [3.05, 3.63) is 106 Å².